The summed E-state index contributed by atoms with van der Waals surface area (Å²) in [6, 6.07) is 16.1. The van der Waals surface area contributed by atoms with E-state index < -0.39 is 5.82 Å². The molecule has 1 amide bonds. The Morgan fingerprint density at radius 3 is 2.68 bits per heavy atom. The minimum atomic E-state index is -0.515. The number of aryl methyl sites for hydroxylation is 1. The molecule has 1 aliphatic carbocycles. The van der Waals surface area contributed by atoms with E-state index in [1.165, 1.54) is 24.3 Å². The average Bonchev–Trinajstić information content (AvgIpc) is 3.65. The van der Waals surface area contributed by atoms with Crippen molar-refractivity contribution in [1.82, 2.24) is 10.2 Å². The molecule has 0 unspecified atom stereocenters. The molecule has 1 atom stereocenters. The minimum Gasteiger partial charge on any atom is -0.463 e. The van der Waals surface area contributed by atoms with Gasteiger partial charge in [-0.05, 0) is 89.9 Å². The molecule has 2 aliphatic rings. The summed E-state index contributed by atoms with van der Waals surface area (Å²) in [7, 11) is 0. The van der Waals surface area contributed by atoms with E-state index >= 15 is 0 Å². The molecule has 1 saturated carbocycles. The van der Waals surface area contributed by atoms with Crippen molar-refractivity contribution in [3.05, 3.63) is 94.0 Å². The Labute approximate surface area is 214 Å². The monoisotopic (exact) mass is 500 g/mol. The molecule has 0 bridgehead atoms. The van der Waals surface area contributed by atoms with Crippen LogP contribution < -0.4 is 5.32 Å². The lowest BCUT2D eigenvalue weighted by Gasteiger charge is -2.21. The van der Waals surface area contributed by atoms with E-state index in [-0.39, 0.29) is 35.3 Å². The molecule has 3 aromatic carbocycles. The van der Waals surface area contributed by atoms with Gasteiger partial charge in [-0.1, -0.05) is 18.2 Å². The van der Waals surface area contributed by atoms with Crippen molar-refractivity contribution in [2.75, 3.05) is 13.2 Å². The summed E-state index contributed by atoms with van der Waals surface area (Å²) in [6.07, 6.45) is 1.95. The van der Waals surface area contributed by atoms with Crippen molar-refractivity contribution < 1.29 is 18.3 Å². The molecule has 6 nitrogen and oxygen atoms in total. The van der Waals surface area contributed by atoms with Gasteiger partial charge in [-0.3, -0.25) is 10.2 Å². The molecule has 8 heteroatoms. The van der Waals surface area contributed by atoms with Crippen molar-refractivity contribution in [1.29, 1.82) is 10.7 Å². The van der Waals surface area contributed by atoms with E-state index in [1.807, 2.05) is 12.1 Å². The molecule has 0 aromatic heterocycles. The quantitative estimate of drug-likeness (QED) is 0.451. The third-order valence-corrected chi connectivity index (χ3v) is 6.85. The lowest BCUT2D eigenvalue weighted by atomic mass is 9.95. The number of halogens is 2. The lowest BCUT2D eigenvalue weighted by molar-refractivity contribution is 0.0931. The second-order valence-electron chi connectivity index (χ2n) is 9.59. The van der Waals surface area contributed by atoms with E-state index in [1.54, 1.807) is 36.1 Å². The van der Waals surface area contributed by atoms with Crippen molar-refractivity contribution >= 4 is 11.9 Å². The Balaban J connectivity index is 1.51. The Bertz CT molecular complexity index is 1430. The number of amides is 1. The highest BCUT2D eigenvalue weighted by atomic mass is 19.1. The SMILES string of the molecule is Cc1cc([C@@H](NC(=O)c2cc(CN3CCOC3=N)cc(-c3ccc(F)cc3C#N)c2)C2CC2)ccc1F. The van der Waals surface area contributed by atoms with Crippen LogP contribution in [-0.4, -0.2) is 30.0 Å². The minimum absolute atomic E-state index is 0.0661. The Hall–Kier alpha value is -4.25. The maximum atomic E-state index is 13.9. The van der Waals surface area contributed by atoms with Crippen molar-refractivity contribution in [3.8, 4) is 17.2 Å². The van der Waals surface area contributed by atoms with Crippen LogP contribution in [0.3, 0.4) is 0 Å². The lowest BCUT2D eigenvalue weighted by Crippen LogP contribution is -2.30. The van der Waals surface area contributed by atoms with Gasteiger partial charge in [0, 0.05) is 12.1 Å². The highest BCUT2D eigenvalue weighted by Crippen LogP contribution is 2.41. The number of carbonyl (C=O) groups is 1. The predicted molar refractivity (Wildman–Crippen MR) is 135 cm³/mol. The Morgan fingerprint density at radius 1 is 1.19 bits per heavy atom. The Kier molecular flexibility index (Phi) is 6.62. The van der Waals surface area contributed by atoms with Crippen molar-refractivity contribution in [2.45, 2.75) is 32.4 Å². The zero-order chi connectivity index (χ0) is 26.1. The van der Waals surface area contributed by atoms with Crippen LogP contribution in [-0.2, 0) is 11.3 Å². The number of carbonyl (C=O) groups excluding carboxylic acids is 1. The number of benzene rings is 3. The Morgan fingerprint density at radius 2 is 2.00 bits per heavy atom. The highest BCUT2D eigenvalue weighted by molar-refractivity contribution is 5.96. The molecule has 5 rings (SSSR count). The van der Waals surface area contributed by atoms with Gasteiger partial charge in [0.1, 0.15) is 18.2 Å². The first-order chi connectivity index (χ1) is 17.8. The smallest absolute Gasteiger partial charge is 0.284 e. The van der Waals surface area contributed by atoms with Gasteiger partial charge in [0.15, 0.2) is 0 Å². The number of rotatable bonds is 7. The number of nitriles is 1. The van der Waals surface area contributed by atoms with Gasteiger partial charge in [0.05, 0.1) is 24.2 Å². The van der Waals surface area contributed by atoms with E-state index in [0.717, 1.165) is 24.0 Å². The summed E-state index contributed by atoms with van der Waals surface area (Å²) in [5.41, 5.74) is 3.81. The summed E-state index contributed by atoms with van der Waals surface area (Å²) in [4.78, 5) is 15.3. The van der Waals surface area contributed by atoms with Crippen LogP contribution in [0.2, 0.25) is 0 Å². The summed E-state index contributed by atoms with van der Waals surface area (Å²) in [5, 5.41) is 20.7. The zero-order valence-electron chi connectivity index (χ0n) is 20.4. The van der Waals surface area contributed by atoms with Crippen molar-refractivity contribution in [3.63, 3.8) is 0 Å². The molecule has 1 heterocycles. The number of nitrogens with zero attached hydrogens (tertiary/aromatic N) is 2. The summed E-state index contributed by atoms with van der Waals surface area (Å²) >= 11 is 0. The molecule has 37 heavy (non-hydrogen) atoms. The molecule has 1 saturated heterocycles. The molecular weight excluding hydrogens is 474 g/mol. The molecule has 1 aliphatic heterocycles. The van der Waals surface area contributed by atoms with Gasteiger partial charge in [-0.15, -0.1) is 0 Å². The first-order valence-electron chi connectivity index (χ1n) is 12.2. The van der Waals surface area contributed by atoms with Gasteiger partial charge >= 0.3 is 0 Å². The maximum absolute atomic E-state index is 13.9. The number of ether oxygens (including phenoxy) is 1. The van der Waals surface area contributed by atoms with E-state index in [4.69, 9.17) is 10.1 Å². The van der Waals surface area contributed by atoms with Gasteiger partial charge in [0.2, 0.25) is 0 Å². The van der Waals surface area contributed by atoms with E-state index in [9.17, 15) is 18.8 Å². The fourth-order valence-corrected chi connectivity index (χ4v) is 4.74. The summed E-state index contributed by atoms with van der Waals surface area (Å²) < 4.78 is 32.9. The third kappa shape index (κ3) is 5.31. The summed E-state index contributed by atoms with van der Waals surface area (Å²) in [5.74, 6) is -0.818. The van der Waals surface area contributed by atoms with E-state index in [0.29, 0.717) is 42.0 Å². The summed E-state index contributed by atoms with van der Waals surface area (Å²) in [6.45, 7) is 3.02. The average molecular weight is 501 g/mol. The van der Waals surface area contributed by atoms with Crippen LogP contribution in [0.1, 0.15) is 51.5 Å². The van der Waals surface area contributed by atoms with Crippen LogP contribution in [0.4, 0.5) is 8.78 Å². The number of hydrogen-bond donors (Lipinski definition) is 2. The van der Waals surface area contributed by atoms with Gasteiger partial charge < -0.3 is 15.0 Å². The largest absolute Gasteiger partial charge is 0.463 e. The number of hydrogen-bond acceptors (Lipinski definition) is 4. The van der Waals surface area contributed by atoms with Crippen LogP contribution >= 0.6 is 0 Å². The maximum Gasteiger partial charge on any atom is 0.284 e. The first-order valence-corrected chi connectivity index (χ1v) is 12.2. The van der Waals surface area contributed by atoms with E-state index in [2.05, 4.69) is 5.32 Å². The number of nitrogens with one attached hydrogen (secondary N) is 2. The van der Waals surface area contributed by atoms with Gasteiger partial charge in [-0.2, -0.15) is 5.26 Å². The van der Waals surface area contributed by atoms with Crippen LogP contribution in [0.5, 0.6) is 0 Å². The van der Waals surface area contributed by atoms with Crippen LogP contribution in [0.15, 0.2) is 54.6 Å². The molecule has 3 aromatic rings. The van der Waals surface area contributed by atoms with Gasteiger partial charge in [0.25, 0.3) is 11.9 Å². The van der Waals surface area contributed by atoms with Gasteiger partial charge in [-0.25, -0.2) is 8.78 Å². The molecule has 0 radical (unpaired) electrons. The van der Waals surface area contributed by atoms with Crippen LogP contribution in [0, 0.1) is 41.2 Å². The second-order valence-corrected chi connectivity index (χ2v) is 9.59. The molecule has 188 valence electrons. The molecule has 2 N–H and O–H groups in total. The highest BCUT2D eigenvalue weighted by Gasteiger charge is 2.34. The molecular formula is C29H26F2N4O2. The predicted octanol–water partition coefficient (Wildman–Crippen LogP) is 5.46. The zero-order valence-corrected chi connectivity index (χ0v) is 20.4. The topological polar surface area (TPSA) is 89.2 Å². The van der Waals surface area contributed by atoms with Crippen molar-refractivity contribution in [2.24, 2.45) is 5.92 Å². The fraction of sp³-hybridized carbons (Fsp3) is 0.276. The first kappa shape index (κ1) is 24.4. The standard InChI is InChI=1S/C29H26F2N4O2/c1-17-10-20(4-7-26(17)31)27(19-2-3-19)34-28(36)22-12-18(16-35-8-9-37-29(35)33)11-21(13-22)25-6-5-24(30)14-23(25)15-32/h4-7,10-14,19,27,33H,2-3,8-9,16H2,1H3,(H,34,36)/t27-/m0/s1. The van der Waals surface area contributed by atoms with Crippen LogP contribution in [0.25, 0.3) is 11.1 Å². The fourth-order valence-electron chi connectivity index (χ4n) is 4.74. The normalized spacial score (nSPS) is 15.7. The molecule has 0 spiro atoms. The second kappa shape index (κ2) is 10.0. The number of amidine groups is 1. The molecule has 2 fully saturated rings. The third-order valence-electron chi connectivity index (χ3n) is 6.85.